The van der Waals surface area contributed by atoms with Gasteiger partial charge in [-0.2, -0.15) is 0 Å². The van der Waals surface area contributed by atoms with Crippen molar-refractivity contribution in [2.45, 2.75) is 58.3 Å². The minimum absolute atomic E-state index is 0.0875. The van der Waals surface area contributed by atoms with Gasteiger partial charge in [0.1, 0.15) is 5.60 Å². The van der Waals surface area contributed by atoms with Crippen LogP contribution < -0.4 is 0 Å². The van der Waals surface area contributed by atoms with Crippen LogP contribution >= 0.6 is 0 Å². The monoisotopic (exact) mass is 411 g/mol. The number of benzene rings is 1. The highest BCUT2D eigenvalue weighted by Crippen LogP contribution is 2.24. The van der Waals surface area contributed by atoms with Gasteiger partial charge in [0, 0.05) is 19.6 Å². The fourth-order valence-electron chi connectivity index (χ4n) is 4.06. The highest BCUT2D eigenvalue weighted by Gasteiger charge is 2.37. The van der Waals surface area contributed by atoms with Crippen molar-refractivity contribution in [1.82, 2.24) is 24.8 Å². The topological polar surface area (TPSA) is 80.6 Å². The summed E-state index contributed by atoms with van der Waals surface area (Å²) in [5.41, 5.74) is 1.80. The van der Waals surface area contributed by atoms with Crippen molar-refractivity contribution in [3.63, 3.8) is 0 Å². The van der Waals surface area contributed by atoms with Crippen molar-refractivity contribution in [3.8, 4) is 0 Å². The van der Waals surface area contributed by atoms with Crippen LogP contribution in [-0.4, -0.2) is 67.9 Å². The number of fused-ring (bicyclic) bond motifs is 1. The first-order chi connectivity index (χ1) is 14.3. The number of piperazine rings is 1. The van der Waals surface area contributed by atoms with E-state index in [2.05, 4.69) is 27.3 Å². The molecule has 0 radical (unpaired) electrons. The number of carbonyl (C=O) groups is 2. The number of hydrogen-bond acceptors (Lipinski definition) is 6. The lowest BCUT2D eigenvalue weighted by molar-refractivity contribution is -0.140. The molecule has 1 atom stereocenters. The highest BCUT2D eigenvalue weighted by atomic mass is 16.6. The number of hydrogen-bond donors (Lipinski definition) is 0. The van der Waals surface area contributed by atoms with E-state index in [-0.39, 0.29) is 17.6 Å². The van der Waals surface area contributed by atoms with Gasteiger partial charge in [-0.15, -0.1) is 5.10 Å². The second kappa shape index (κ2) is 8.18. The number of esters is 1. The van der Waals surface area contributed by atoms with Crippen LogP contribution in [0.1, 0.15) is 55.2 Å². The van der Waals surface area contributed by atoms with Gasteiger partial charge in [-0.25, -0.2) is 9.48 Å². The minimum Gasteiger partial charge on any atom is -0.455 e. The summed E-state index contributed by atoms with van der Waals surface area (Å²) in [6.45, 7) is 9.43. The third kappa shape index (κ3) is 4.70. The SMILES string of the molecule is CC(C)(C)OC(=O)c1cn(Cc2ccc(CN3CCN4CCCC4C3=O)cc2)nn1. The van der Waals surface area contributed by atoms with Gasteiger partial charge in [0.2, 0.25) is 5.91 Å². The summed E-state index contributed by atoms with van der Waals surface area (Å²) in [6.07, 6.45) is 3.70. The third-order valence-electron chi connectivity index (χ3n) is 5.51. The van der Waals surface area contributed by atoms with E-state index in [1.165, 1.54) is 0 Å². The van der Waals surface area contributed by atoms with Crippen molar-refractivity contribution < 1.29 is 14.3 Å². The predicted octanol–water partition coefficient (Wildman–Crippen LogP) is 2.09. The molecule has 0 bridgehead atoms. The van der Waals surface area contributed by atoms with Crippen molar-refractivity contribution in [1.29, 1.82) is 0 Å². The molecule has 0 spiro atoms. The summed E-state index contributed by atoms with van der Waals surface area (Å²) in [6, 6.07) is 8.25. The Morgan fingerprint density at radius 1 is 1.10 bits per heavy atom. The zero-order valence-electron chi connectivity index (χ0n) is 17.9. The van der Waals surface area contributed by atoms with Gasteiger partial charge >= 0.3 is 5.97 Å². The van der Waals surface area contributed by atoms with Crippen LogP contribution in [0.25, 0.3) is 0 Å². The first-order valence-electron chi connectivity index (χ1n) is 10.5. The van der Waals surface area contributed by atoms with E-state index in [9.17, 15) is 9.59 Å². The van der Waals surface area contributed by atoms with Gasteiger partial charge in [-0.3, -0.25) is 9.69 Å². The standard InChI is InChI=1S/C22H29N5O3/c1-22(2,3)30-21(29)18-15-27(24-23-18)14-17-8-6-16(7-9-17)13-26-12-11-25-10-4-5-19(25)20(26)28/h6-9,15,19H,4-5,10-14H2,1-3H3. The second-order valence-electron chi connectivity index (χ2n) is 9.07. The van der Waals surface area contributed by atoms with E-state index in [1.807, 2.05) is 37.8 Å². The molecular weight excluding hydrogens is 382 g/mol. The normalized spacial score (nSPS) is 19.8. The Balaban J connectivity index is 1.34. The average molecular weight is 412 g/mol. The van der Waals surface area contributed by atoms with Crippen molar-refractivity contribution >= 4 is 11.9 Å². The summed E-state index contributed by atoms with van der Waals surface area (Å²) >= 11 is 0. The van der Waals surface area contributed by atoms with Crippen LogP contribution in [-0.2, 0) is 22.6 Å². The molecule has 0 N–H and O–H groups in total. The number of amides is 1. The van der Waals surface area contributed by atoms with Crippen molar-refractivity contribution in [3.05, 3.63) is 47.3 Å². The Bertz CT molecular complexity index is 916. The number of ether oxygens (including phenoxy) is 1. The first kappa shape index (κ1) is 20.5. The lowest BCUT2D eigenvalue weighted by Gasteiger charge is -2.36. The van der Waals surface area contributed by atoms with Gasteiger partial charge in [0.25, 0.3) is 0 Å². The van der Waals surface area contributed by atoms with Crippen LogP contribution in [0.3, 0.4) is 0 Å². The van der Waals surface area contributed by atoms with Crippen LogP contribution in [0.4, 0.5) is 0 Å². The van der Waals surface area contributed by atoms with Crippen molar-refractivity contribution in [2.24, 2.45) is 0 Å². The summed E-state index contributed by atoms with van der Waals surface area (Å²) in [5, 5.41) is 7.94. The van der Waals surface area contributed by atoms with E-state index < -0.39 is 11.6 Å². The molecule has 2 aromatic rings. The predicted molar refractivity (Wildman–Crippen MR) is 111 cm³/mol. The quantitative estimate of drug-likeness (QED) is 0.701. The molecule has 2 fully saturated rings. The third-order valence-corrected chi connectivity index (χ3v) is 5.51. The Labute approximate surface area is 176 Å². The highest BCUT2D eigenvalue weighted by molar-refractivity contribution is 5.87. The molecular formula is C22H29N5O3. The molecule has 2 saturated heterocycles. The second-order valence-corrected chi connectivity index (χ2v) is 9.07. The zero-order chi connectivity index (χ0) is 21.3. The molecule has 0 saturated carbocycles. The Hall–Kier alpha value is -2.74. The van der Waals surface area contributed by atoms with E-state index >= 15 is 0 Å². The van der Waals surface area contributed by atoms with Gasteiger partial charge in [-0.05, 0) is 51.3 Å². The summed E-state index contributed by atoms with van der Waals surface area (Å²) in [4.78, 5) is 29.1. The first-order valence-corrected chi connectivity index (χ1v) is 10.5. The number of nitrogens with zero attached hydrogens (tertiary/aromatic N) is 5. The molecule has 3 heterocycles. The lowest BCUT2D eigenvalue weighted by Crippen LogP contribution is -2.53. The summed E-state index contributed by atoms with van der Waals surface area (Å²) < 4.78 is 6.94. The number of rotatable bonds is 5. The van der Waals surface area contributed by atoms with Gasteiger partial charge in [-0.1, -0.05) is 29.5 Å². The Morgan fingerprint density at radius 3 is 2.50 bits per heavy atom. The summed E-state index contributed by atoms with van der Waals surface area (Å²) in [5.74, 6) is -0.212. The van der Waals surface area contributed by atoms with Crippen LogP contribution in [0, 0.1) is 0 Å². The molecule has 4 rings (SSSR count). The summed E-state index contributed by atoms with van der Waals surface area (Å²) in [7, 11) is 0. The smallest absolute Gasteiger partial charge is 0.361 e. The van der Waals surface area contributed by atoms with E-state index in [0.717, 1.165) is 43.6 Å². The Kier molecular flexibility index (Phi) is 5.60. The van der Waals surface area contributed by atoms with Gasteiger partial charge in [0.05, 0.1) is 18.8 Å². The molecule has 0 aliphatic carbocycles. The Morgan fingerprint density at radius 2 is 1.80 bits per heavy atom. The molecule has 30 heavy (non-hydrogen) atoms. The van der Waals surface area contributed by atoms with Crippen LogP contribution in [0.5, 0.6) is 0 Å². The largest absolute Gasteiger partial charge is 0.455 e. The van der Waals surface area contributed by atoms with Crippen LogP contribution in [0.15, 0.2) is 30.5 Å². The maximum atomic E-state index is 12.7. The molecule has 8 nitrogen and oxygen atoms in total. The van der Waals surface area contributed by atoms with E-state index in [1.54, 1.807) is 10.9 Å². The maximum Gasteiger partial charge on any atom is 0.361 e. The molecule has 2 aliphatic rings. The average Bonchev–Trinajstić information content (AvgIpc) is 3.34. The fourth-order valence-corrected chi connectivity index (χ4v) is 4.06. The van der Waals surface area contributed by atoms with Gasteiger partial charge < -0.3 is 9.64 Å². The molecule has 2 aliphatic heterocycles. The zero-order valence-corrected chi connectivity index (χ0v) is 17.9. The van der Waals surface area contributed by atoms with Crippen LogP contribution in [0.2, 0.25) is 0 Å². The van der Waals surface area contributed by atoms with Gasteiger partial charge in [0.15, 0.2) is 5.69 Å². The molecule has 160 valence electrons. The molecule has 1 amide bonds. The number of aromatic nitrogens is 3. The number of carbonyl (C=O) groups excluding carboxylic acids is 2. The fraction of sp³-hybridized carbons (Fsp3) is 0.545. The molecule has 1 aromatic carbocycles. The minimum atomic E-state index is -0.567. The van der Waals surface area contributed by atoms with E-state index in [4.69, 9.17) is 4.74 Å². The maximum absolute atomic E-state index is 12.7. The lowest BCUT2D eigenvalue weighted by atomic mass is 10.1. The molecule has 1 unspecified atom stereocenters. The van der Waals surface area contributed by atoms with E-state index in [0.29, 0.717) is 13.1 Å². The molecule has 8 heteroatoms. The molecule has 1 aromatic heterocycles. The van der Waals surface area contributed by atoms with Crippen molar-refractivity contribution in [2.75, 3.05) is 19.6 Å².